The fourth-order valence-corrected chi connectivity index (χ4v) is 2.70. The Hall–Kier alpha value is -1.87. The molecule has 0 radical (unpaired) electrons. The summed E-state index contributed by atoms with van der Waals surface area (Å²) in [6.07, 6.45) is 3.48. The van der Waals surface area contributed by atoms with Gasteiger partial charge in [0.05, 0.1) is 21.8 Å². The van der Waals surface area contributed by atoms with E-state index < -0.39 is 0 Å². The zero-order chi connectivity index (χ0) is 15.2. The van der Waals surface area contributed by atoms with Gasteiger partial charge in [-0.05, 0) is 51.5 Å². The first-order chi connectivity index (χ1) is 9.86. The lowest BCUT2D eigenvalue weighted by atomic mass is 10.0. The normalized spacial score (nSPS) is 12.0. The number of hydrogen-bond acceptors (Lipinski definition) is 2. The van der Waals surface area contributed by atoms with Crippen molar-refractivity contribution in [2.45, 2.75) is 33.2 Å². The predicted molar refractivity (Wildman–Crippen MR) is 87.7 cm³/mol. The molecule has 0 unspecified atom stereocenters. The van der Waals surface area contributed by atoms with Crippen molar-refractivity contribution < 1.29 is 0 Å². The summed E-state index contributed by atoms with van der Waals surface area (Å²) >= 11 is 6.03. The van der Waals surface area contributed by atoms with Crippen molar-refractivity contribution in [3.05, 3.63) is 47.4 Å². The molecule has 0 saturated carbocycles. The third kappa shape index (κ3) is 2.54. The minimum atomic E-state index is -0.0361. The third-order valence-electron chi connectivity index (χ3n) is 3.54. The van der Waals surface area contributed by atoms with Crippen LogP contribution in [0.4, 0.5) is 0 Å². The number of pyridine rings is 1. The van der Waals surface area contributed by atoms with Crippen LogP contribution in [0.5, 0.6) is 0 Å². The van der Waals surface area contributed by atoms with Crippen molar-refractivity contribution in [2.24, 2.45) is 0 Å². The second-order valence-electron chi connectivity index (χ2n) is 6.29. The number of halogens is 1. The minimum Gasteiger partial charge on any atom is -0.263 e. The molecule has 21 heavy (non-hydrogen) atoms. The molecule has 0 aliphatic heterocycles. The molecule has 4 heteroatoms. The molecule has 3 nitrogen and oxygen atoms in total. The summed E-state index contributed by atoms with van der Waals surface area (Å²) in [6.45, 7) is 8.53. The maximum atomic E-state index is 6.03. The van der Waals surface area contributed by atoms with Crippen LogP contribution in [0, 0.1) is 6.92 Å². The molecule has 2 heterocycles. The lowest BCUT2D eigenvalue weighted by molar-refractivity contribution is 0.366. The van der Waals surface area contributed by atoms with Crippen molar-refractivity contribution in [2.75, 3.05) is 0 Å². The van der Waals surface area contributed by atoms with Crippen LogP contribution in [0.3, 0.4) is 0 Å². The van der Waals surface area contributed by atoms with Gasteiger partial charge >= 0.3 is 0 Å². The largest absolute Gasteiger partial charge is 0.263 e. The fraction of sp³-hybridized carbons (Fsp3) is 0.294. The van der Waals surface area contributed by atoms with Gasteiger partial charge in [-0.1, -0.05) is 17.7 Å². The lowest BCUT2D eigenvalue weighted by Gasteiger charge is -2.20. The molecule has 0 fully saturated rings. The fourth-order valence-electron chi connectivity index (χ4n) is 2.53. The highest BCUT2D eigenvalue weighted by atomic mass is 35.5. The Kier molecular flexibility index (Phi) is 3.25. The highest BCUT2D eigenvalue weighted by Crippen LogP contribution is 2.29. The van der Waals surface area contributed by atoms with Gasteiger partial charge in [-0.15, -0.1) is 0 Å². The Balaban J connectivity index is 2.20. The molecular weight excluding hydrogens is 282 g/mol. The van der Waals surface area contributed by atoms with E-state index in [1.165, 1.54) is 5.39 Å². The number of aryl methyl sites for hydroxylation is 1. The summed E-state index contributed by atoms with van der Waals surface area (Å²) in [4.78, 5) is 4.15. The van der Waals surface area contributed by atoms with Gasteiger partial charge in [-0.25, -0.2) is 0 Å². The smallest absolute Gasteiger partial charge is 0.0691 e. The number of hydrogen-bond donors (Lipinski definition) is 0. The predicted octanol–water partition coefficient (Wildman–Crippen LogP) is 4.82. The van der Waals surface area contributed by atoms with Gasteiger partial charge in [0, 0.05) is 23.3 Å². The van der Waals surface area contributed by atoms with Gasteiger partial charge in [-0.3, -0.25) is 9.67 Å². The van der Waals surface area contributed by atoms with E-state index in [2.05, 4.69) is 53.7 Å². The van der Waals surface area contributed by atoms with Crippen LogP contribution >= 0.6 is 11.6 Å². The Morgan fingerprint density at radius 3 is 2.48 bits per heavy atom. The molecule has 0 N–H and O–H groups in total. The van der Waals surface area contributed by atoms with Gasteiger partial charge in [0.1, 0.15) is 0 Å². The van der Waals surface area contributed by atoms with Crippen LogP contribution in [-0.4, -0.2) is 14.8 Å². The second-order valence-corrected chi connectivity index (χ2v) is 6.73. The Labute approximate surface area is 129 Å². The van der Waals surface area contributed by atoms with Gasteiger partial charge in [0.15, 0.2) is 0 Å². The summed E-state index contributed by atoms with van der Waals surface area (Å²) in [6, 6.07) is 8.31. The number of benzene rings is 1. The highest BCUT2D eigenvalue weighted by Gasteiger charge is 2.19. The molecule has 3 aromatic rings. The van der Waals surface area contributed by atoms with Crippen LogP contribution < -0.4 is 0 Å². The van der Waals surface area contributed by atoms with Crippen LogP contribution in [-0.2, 0) is 5.54 Å². The van der Waals surface area contributed by atoms with Crippen LogP contribution in [0.2, 0.25) is 5.02 Å². The quantitative estimate of drug-likeness (QED) is 0.645. The summed E-state index contributed by atoms with van der Waals surface area (Å²) < 4.78 is 2.08. The van der Waals surface area contributed by atoms with E-state index in [9.17, 15) is 0 Å². The first kappa shape index (κ1) is 14.1. The Morgan fingerprint density at radius 2 is 1.81 bits per heavy atom. The van der Waals surface area contributed by atoms with Crippen molar-refractivity contribution >= 4 is 22.5 Å². The molecular formula is C17H18ClN3. The molecule has 0 spiro atoms. The highest BCUT2D eigenvalue weighted by molar-refractivity contribution is 6.30. The standard InChI is InChI=1S/C17H18ClN3/c1-11-15-8-12(13-7-14(18)10-19-9-13)5-6-16(15)21(20-11)17(2,3)4/h5-10H,1-4H3. The van der Waals surface area contributed by atoms with Gasteiger partial charge in [0.25, 0.3) is 0 Å². The van der Waals surface area contributed by atoms with Gasteiger partial charge < -0.3 is 0 Å². The maximum Gasteiger partial charge on any atom is 0.0691 e. The lowest BCUT2D eigenvalue weighted by Crippen LogP contribution is -2.22. The first-order valence-corrected chi connectivity index (χ1v) is 7.35. The van der Waals surface area contributed by atoms with E-state index in [0.29, 0.717) is 5.02 Å². The van der Waals surface area contributed by atoms with E-state index in [0.717, 1.165) is 22.3 Å². The zero-order valence-corrected chi connectivity index (χ0v) is 13.4. The average molecular weight is 300 g/mol. The number of nitrogens with zero attached hydrogens (tertiary/aromatic N) is 3. The third-order valence-corrected chi connectivity index (χ3v) is 3.74. The van der Waals surface area contributed by atoms with E-state index in [4.69, 9.17) is 11.6 Å². The monoisotopic (exact) mass is 299 g/mol. The van der Waals surface area contributed by atoms with Crippen LogP contribution in [0.25, 0.3) is 22.0 Å². The van der Waals surface area contributed by atoms with Crippen molar-refractivity contribution in [3.63, 3.8) is 0 Å². The zero-order valence-electron chi connectivity index (χ0n) is 12.7. The van der Waals surface area contributed by atoms with Gasteiger partial charge in [0.2, 0.25) is 0 Å². The molecule has 0 saturated heterocycles. The molecule has 0 atom stereocenters. The first-order valence-electron chi connectivity index (χ1n) is 6.97. The second kappa shape index (κ2) is 4.85. The molecule has 3 rings (SSSR count). The van der Waals surface area contributed by atoms with Crippen LogP contribution in [0.1, 0.15) is 26.5 Å². The molecule has 0 amide bonds. The molecule has 2 aromatic heterocycles. The number of fused-ring (bicyclic) bond motifs is 1. The molecule has 0 aliphatic carbocycles. The maximum absolute atomic E-state index is 6.03. The van der Waals surface area contributed by atoms with Crippen molar-refractivity contribution in [3.8, 4) is 11.1 Å². The van der Waals surface area contributed by atoms with E-state index in [1.54, 1.807) is 6.20 Å². The summed E-state index contributed by atoms with van der Waals surface area (Å²) in [5.74, 6) is 0. The molecule has 1 aromatic carbocycles. The topological polar surface area (TPSA) is 30.7 Å². The van der Waals surface area contributed by atoms with Crippen molar-refractivity contribution in [1.29, 1.82) is 0 Å². The number of rotatable bonds is 1. The van der Waals surface area contributed by atoms with E-state index >= 15 is 0 Å². The molecule has 0 aliphatic rings. The van der Waals surface area contributed by atoms with Crippen LogP contribution in [0.15, 0.2) is 36.7 Å². The van der Waals surface area contributed by atoms with Crippen molar-refractivity contribution in [1.82, 2.24) is 14.8 Å². The minimum absolute atomic E-state index is 0.0361. The Bertz CT molecular complexity index is 813. The summed E-state index contributed by atoms with van der Waals surface area (Å²) in [5, 5.41) is 6.51. The Morgan fingerprint density at radius 1 is 1.05 bits per heavy atom. The molecule has 108 valence electrons. The van der Waals surface area contributed by atoms with E-state index in [1.807, 2.05) is 19.2 Å². The SMILES string of the molecule is Cc1nn(C(C)(C)C)c2ccc(-c3cncc(Cl)c3)cc12. The van der Waals surface area contributed by atoms with E-state index in [-0.39, 0.29) is 5.54 Å². The average Bonchev–Trinajstić information content (AvgIpc) is 2.76. The summed E-state index contributed by atoms with van der Waals surface area (Å²) in [5.41, 5.74) is 4.28. The molecule has 0 bridgehead atoms. The summed E-state index contributed by atoms with van der Waals surface area (Å²) in [7, 11) is 0. The number of aromatic nitrogens is 3. The van der Waals surface area contributed by atoms with Gasteiger partial charge in [-0.2, -0.15) is 5.10 Å².